The largest absolute Gasteiger partial charge is 0.392 e. The summed E-state index contributed by atoms with van der Waals surface area (Å²) in [7, 11) is 0. The number of hydrogen-bond acceptors (Lipinski definition) is 2. The second-order valence-electron chi connectivity index (χ2n) is 6.27. The monoisotopic (exact) mass is 211 g/mol. The van der Waals surface area contributed by atoms with Crippen molar-refractivity contribution in [2.75, 3.05) is 19.6 Å². The van der Waals surface area contributed by atoms with Crippen LogP contribution in [-0.4, -0.2) is 35.7 Å². The molecule has 2 heteroatoms. The number of nitrogens with zero attached hydrogens (tertiary/aromatic N) is 1. The summed E-state index contributed by atoms with van der Waals surface area (Å²) >= 11 is 0. The molecule has 2 aliphatic rings. The number of piperidine rings is 1. The second kappa shape index (κ2) is 3.74. The third kappa shape index (κ3) is 1.83. The van der Waals surface area contributed by atoms with Crippen molar-refractivity contribution in [3.63, 3.8) is 0 Å². The smallest absolute Gasteiger partial charge is 0.0671 e. The summed E-state index contributed by atoms with van der Waals surface area (Å²) in [6.45, 7) is 10.2. The van der Waals surface area contributed by atoms with Gasteiger partial charge in [-0.2, -0.15) is 0 Å². The Hall–Kier alpha value is -0.0800. The van der Waals surface area contributed by atoms with E-state index >= 15 is 0 Å². The van der Waals surface area contributed by atoms with Crippen LogP contribution in [-0.2, 0) is 0 Å². The molecule has 0 aromatic rings. The zero-order valence-electron chi connectivity index (χ0n) is 10.4. The van der Waals surface area contributed by atoms with Gasteiger partial charge < -0.3 is 10.0 Å². The third-order valence-electron chi connectivity index (χ3n) is 4.53. The van der Waals surface area contributed by atoms with Crippen LogP contribution in [0.15, 0.2) is 0 Å². The van der Waals surface area contributed by atoms with Crippen molar-refractivity contribution < 1.29 is 5.11 Å². The van der Waals surface area contributed by atoms with Gasteiger partial charge in [0.1, 0.15) is 0 Å². The van der Waals surface area contributed by atoms with E-state index in [-0.39, 0.29) is 16.9 Å². The fourth-order valence-electron chi connectivity index (χ4n) is 3.89. The molecule has 15 heavy (non-hydrogen) atoms. The molecule has 1 aliphatic carbocycles. The molecule has 1 saturated carbocycles. The first kappa shape index (κ1) is 11.4. The minimum Gasteiger partial charge on any atom is -0.392 e. The molecule has 88 valence electrons. The van der Waals surface area contributed by atoms with Crippen LogP contribution in [0.2, 0.25) is 0 Å². The van der Waals surface area contributed by atoms with Crippen molar-refractivity contribution in [1.29, 1.82) is 0 Å². The van der Waals surface area contributed by atoms with E-state index in [2.05, 4.69) is 25.7 Å². The Morgan fingerprint density at radius 1 is 1.20 bits per heavy atom. The summed E-state index contributed by atoms with van der Waals surface area (Å²) in [5.74, 6) is 0. The topological polar surface area (TPSA) is 23.5 Å². The number of fused-ring (bicyclic) bond motifs is 2. The van der Waals surface area contributed by atoms with Crippen molar-refractivity contribution >= 4 is 0 Å². The molecule has 1 aliphatic heterocycles. The Balaban J connectivity index is 2.18. The van der Waals surface area contributed by atoms with E-state index in [1.807, 2.05) is 0 Å². The molecule has 1 N–H and O–H groups in total. The molecular formula is C13H25NO. The van der Waals surface area contributed by atoms with Crippen molar-refractivity contribution in [3.8, 4) is 0 Å². The van der Waals surface area contributed by atoms with Gasteiger partial charge in [-0.3, -0.25) is 0 Å². The zero-order chi connectivity index (χ0) is 11.1. The molecule has 2 fully saturated rings. The molecule has 0 spiro atoms. The first-order chi connectivity index (χ1) is 7.00. The first-order valence-corrected chi connectivity index (χ1v) is 6.41. The van der Waals surface area contributed by atoms with E-state index in [1.54, 1.807) is 0 Å². The average Bonchev–Trinajstić information content (AvgIpc) is 2.12. The minimum atomic E-state index is -0.0909. The molecule has 2 atom stereocenters. The van der Waals surface area contributed by atoms with Gasteiger partial charge in [0.15, 0.2) is 0 Å². The predicted octanol–water partition coefficient (Wildman–Crippen LogP) is 2.27. The van der Waals surface area contributed by atoms with Gasteiger partial charge in [-0.1, -0.05) is 27.2 Å². The van der Waals surface area contributed by atoms with Crippen LogP contribution in [0.3, 0.4) is 0 Å². The van der Waals surface area contributed by atoms with Gasteiger partial charge in [0.25, 0.3) is 0 Å². The average molecular weight is 211 g/mol. The molecule has 0 radical (unpaired) electrons. The number of likely N-dealkylation sites (tertiary alicyclic amines) is 1. The predicted molar refractivity (Wildman–Crippen MR) is 62.8 cm³/mol. The normalized spacial score (nSPS) is 46.8. The number of rotatable bonds is 2. The van der Waals surface area contributed by atoms with Gasteiger partial charge >= 0.3 is 0 Å². The Labute approximate surface area is 93.7 Å². The van der Waals surface area contributed by atoms with E-state index in [9.17, 15) is 5.11 Å². The maximum Gasteiger partial charge on any atom is 0.0671 e. The Bertz CT molecular complexity index is 223. The molecule has 0 aromatic carbocycles. The summed E-state index contributed by atoms with van der Waals surface area (Å²) < 4.78 is 0. The van der Waals surface area contributed by atoms with Gasteiger partial charge in [0.2, 0.25) is 0 Å². The van der Waals surface area contributed by atoms with Crippen molar-refractivity contribution in [2.45, 2.75) is 52.6 Å². The molecule has 0 amide bonds. The third-order valence-corrected chi connectivity index (χ3v) is 4.53. The van der Waals surface area contributed by atoms with Crippen molar-refractivity contribution in [1.82, 2.24) is 4.90 Å². The van der Waals surface area contributed by atoms with Crippen LogP contribution in [0.1, 0.15) is 46.5 Å². The Morgan fingerprint density at radius 2 is 1.73 bits per heavy atom. The zero-order valence-corrected chi connectivity index (χ0v) is 10.4. The summed E-state index contributed by atoms with van der Waals surface area (Å²) in [4.78, 5) is 2.56. The molecule has 2 nitrogen and oxygen atoms in total. The van der Waals surface area contributed by atoms with E-state index < -0.39 is 0 Å². The standard InChI is InChI=1S/C13H25NO/c1-4-8-14-9-12(2)6-5-7-13(3,10-14)11(12)15/h11,15H,4-10H2,1-3H3. The molecule has 1 heterocycles. The molecule has 2 unspecified atom stereocenters. The van der Waals surface area contributed by atoms with Gasteiger partial charge in [-0.05, 0) is 25.8 Å². The van der Waals surface area contributed by atoms with E-state index in [0.717, 1.165) is 13.1 Å². The van der Waals surface area contributed by atoms with Crippen molar-refractivity contribution in [3.05, 3.63) is 0 Å². The SMILES string of the molecule is CCCN1CC2(C)CCCC(C)(C1)C2O. The van der Waals surface area contributed by atoms with E-state index in [1.165, 1.54) is 32.2 Å². The van der Waals surface area contributed by atoms with Gasteiger partial charge in [-0.15, -0.1) is 0 Å². The fraction of sp³-hybridized carbons (Fsp3) is 1.00. The highest BCUT2D eigenvalue weighted by atomic mass is 16.3. The Morgan fingerprint density at radius 3 is 2.20 bits per heavy atom. The summed E-state index contributed by atoms with van der Waals surface area (Å²) in [5.41, 5.74) is 0.306. The van der Waals surface area contributed by atoms with Crippen LogP contribution < -0.4 is 0 Å². The lowest BCUT2D eigenvalue weighted by molar-refractivity contribution is -0.151. The van der Waals surface area contributed by atoms with E-state index in [4.69, 9.17) is 0 Å². The quantitative estimate of drug-likeness (QED) is 0.757. The minimum absolute atomic E-state index is 0.0909. The Kier molecular flexibility index (Phi) is 2.85. The maximum absolute atomic E-state index is 10.5. The maximum atomic E-state index is 10.5. The lowest BCUT2D eigenvalue weighted by Gasteiger charge is -2.57. The van der Waals surface area contributed by atoms with Crippen molar-refractivity contribution in [2.24, 2.45) is 10.8 Å². The molecule has 1 saturated heterocycles. The lowest BCUT2D eigenvalue weighted by Crippen LogP contribution is -2.62. The molecule has 2 rings (SSSR count). The van der Waals surface area contributed by atoms with Crippen LogP contribution in [0, 0.1) is 10.8 Å². The summed E-state index contributed by atoms with van der Waals surface area (Å²) in [6.07, 6.45) is 4.83. The van der Waals surface area contributed by atoms with Gasteiger partial charge in [0.05, 0.1) is 6.10 Å². The lowest BCUT2D eigenvalue weighted by atomic mass is 9.58. The van der Waals surface area contributed by atoms with Gasteiger partial charge in [0, 0.05) is 23.9 Å². The number of aliphatic hydroxyl groups is 1. The van der Waals surface area contributed by atoms with Crippen LogP contribution in [0.25, 0.3) is 0 Å². The second-order valence-corrected chi connectivity index (χ2v) is 6.27. The van der Waals surface area contributed by atoms with Crippen LogP contribution in [0.4, 0.5) is 0 Å². The number of aliphatic hydroxyl groups excluding tert-OH is 1. The number of hydrogen-bond donors (Lipinski definition) is 1. The fourth-order valence-corrected chi connectivity index (χ4v) is 3.89. The highest BCUT2D eigenvalue weighted by Gasteiger charge is 2.52. The van der Waals surface area contributed by atoms with Gasteiger partial charge in [-0.25, -0.2) is 0 Å². The summed E-state index contributed by atoms with van der Waals surface area (Å²) in [5, 5.41) is 10.5. The van der Waals surface area contributed by atoms with E-state index in [0.29, 0.717) is 0 Å². The molecular weight excluding hydrogens is 186 g/mol. The highest BCUT2D eigenvalue weighted by molar-refractivity contribution is 5.04. The molecule has 2 bridgehead atoms. The summed E-state index contributed by atoms with van der Waals surface area (Å²) in [6, 6.07) is 0. The van der Waals surface area contributed by atoms with Crippen LogP contribution in [0.5, 0.6) is 0 Å². The first-order valence-electron chi connectivity index (χ1n) is 6.41. The molecule has 0 aromatic heterocycles. The van der Waals surface area contributed by atoms with Crippen LogP contribution >= 0.6 is 0 Å². The highest BCUT2D eigenvalue weighted by Crippen LogP contribution is 2.50.